The zero-order valence-electron chi connectivity index (χ0n) is 10.1. The van der Waals surface area contributed by atoms with Crippen molar-refractivity contribution in [2.75, 3.05) is 0 Å². The Kier molecular flexibility index (Phi) is 5.40. The van der Waals surface area contributed by atoms with Crippen LogP contribution in [0.1, 0.15) is 32.6 Å². The molecule has 0 spiro atoms. The van der Waals surface area contributed by atoms with E-state index < -0.39 is 5.97 Å². The number of allylic oxidation sites excluding steroid dienone is 6. The summed E-state index contributed by atoms with van der Waals surface area (Å²) in [4.78, 5) is 21.7. The van der Waals surface area contributed by atoms with Crippen LogP contribution in [0.2, 0.25) is 0 Å². The number of carboxylic acid groups (broad SMARTS) is 1. The summed E-state index contributed by atoms with van der Waals surface area (Å²) in [5.41, 5.74) is 0.861. The fraction of sp³-hybridized carbons (Fsp3) is 0.429. The summed E-state index contributed by atoms with van der Waals surface area (Å²) in [5.74, 6) is -0.445. The average molecular weight is 234 g/mol. The van der Waals surface area contributed by atoms with Crippen molar-refractivity contribution in [3.05, 3.63) is 36.0 Å². The first kappa shape index (κ1) is 13.4. The highest BCUT2D eigenvalue weighted by Gasteiger charge is 2.20. The van der Waals surface area contributed by atoms with Crippen molar-refractivity contribution in [3.63, 3.8) is 0 Å². The molecule has 0 aromatic carbocycles. The topological polar surface area (TPSA) is 54.4 Å². The molecule has 0 aromatic rings. The third-order valence-corrected chi connectivity index (χ3v) is 2.79. The number of hydrogen-bond donors (Lipinski definition) is 1. The first-order valence-corrected chi connectivity index (χ1v) is 5.90. The lowest BCUT2D eigenvalue weighted by atomic mass is 9.98. The van der Waals surface area contributed by atoms with Crippen LogP contribution < -0.4 is 0 Å². The number of rotatable bonds is 6. The van der Waals surface area contributed by atoms with Crippen molar-refractivity contribution in [2.24, 2.45) is 5.92 Å². The van der Waals surface area contributed by atoms with E-state index in [4.69, 9.17) is 5.11 Å². The van der Waals surface area contributed by atoms with E-state index in [0.29, 0.717) is 6.42 Å². The molecule has 0 aromatic heterocycles. The summed E-state index contributed by atoms with van der Waals surface area (Å²) in [6.07, 6.45) is 11.9. The largest absolute Gasteiger partial charge is 0.481 e. The van der Waals surface area contributed by atoms with Crippen molar-refractivity contribution in [2.45, 2.75) is 32.6 Å². The van der Waals surface area contributed by atoms with Gasteiger partial charge in [-0.2, -0.15) is 0 Å². The van der Waals surface area contributed by atoms with Gasteiger partial charge in [0.1, 0.15) is 0 Å². The molecule has 17 heavy (non-hydrogen) atoms. The number of carboxylic acids is 1. The van der Waals surface area contributed by atoms with E-state index in [9.17, 15) is 9.59 Å². The molecule has 0 unspecified atom stereocenters. The monoisotopic (exact) mass is 234 g/mol. The van der Waals surface area contributed by atoms with Crippen LogP contribution in [0.5, 0.6) is 0 Å². The molecule has 1 aliphatic rings. The standard InChI is InChI=1S/C14H18O3/c1-2-12-11(9-10-13(12)15)7-5-3-4-6-8-14(16)17/h2-3,5,9-11H,4,6-8H2,1H3,(H,16,17)/b5-3-,12-2+/t11-/m0/s1. The molecule has 1 atom stereocenters. The van der Waals surface area contributed by atoms with Crippen molar-refractivity contribution in [1.82, 2.24) is 0 Å². The molecule has 0 radical (unpaired) electrons. The molecule has 3 nitrogen and oxygen atoms in total. The highest BCUT2D eigenvalue weighted by molar-refractivity contribution is 6.07. The van der Waals surface area contributed by atoms with Gasteiger partial charge >= 0.3 is 5.97 Å². The van der Waals surface area contributed by atoms with E-state index in [1.807, 2.05) is 31.2 Å². The molecule has 92 valence electrons. The number of aliphatic carboxylic acids is 1. The Balaban J connectivity index is 2.27. The van der Waals surface area contributed by atoms with E-state index in [1.165, 1.54) is 0 Å². The zero-order valence-corrected chi connectivity index (χ0v) is 10.1. The third kappa shape index (κ3) is 4.39. The fourth-order valence-corrected chi connectivity index (χ4v) is 1.88. The van der Waals surface area contributed by atoms with Crippen molar-refractivity contribution >= 4 is 11.8 Å². The van der Waals surface area contributed by atoms with Crippen LogP contribution in [0.4, 0.5) is 0 Å². The second-order valence-corrected chi connectivity index (χ2v) is 4.07. The minimum absolute atomic E-state index is 0.108. The first-order chi connectivity index (χ1) is 8.15. The SMILES string of the molecule is C/C=C1/C(=O)C=C[C@@H]1C/C=C\CCCC(=O)O. The highest BCUT2D eigenvalue weighted by atomic mass is 16.4. The number of unbranched alkanes of at least 4 members (excludes halogenated alkanes) is 1. The summed E-state index contributed by atoms with van der Waals surface area (Å²) in [7, 11) is 0. The van der Waals surface area contributed by atoms with Crippen molar-refractivity contribution in [1.29, 1.82) is 0 Å². The second-order valence-electron chi connectivity index (χ2n) is 4.07. The lowest BCUT2D eigenvalue weighted by Crippen LogP contribution is -2.01. The van der Waals surface area contributed by atoms with Gasteiger partial charge in [-0.3, -0.25) is 9.59 Å². The Labute approximate surface area is 102 Å². The molecular formula is C14H18O3. The predicted octanol–water partition coefficient (Wildman–Crippen LogP) is 2.89. The molecule has 0 amide bonds. The van der Waals surface area contributed by atoms with Gasteiger partial charge in [0.2, 0.25) is 0 Å². The van der Waals surface area contributed by atoms with Crippen molar-refractivity contribution in [3.8, 4) is 0 Å². The maximum absolute atomic E-state index is 11.4. The van der Waals surface area contributed by atoms with E-state index in [-0.39, 0.29) is 18.1 Å². The minimum atomic E-state index is -0.751. The van der Waals surface area contributed by atoms with Gasteiger partial charge in [-0.05, 0) is 32.3 Å². The molecule has 0 saturated heterocycles. The summed E-state index contributed by atoms with van der Waals surface area (Å²) in [6.45, 7) is 1.88. The van der Waals surface area contributed by atoms with Crippen LogP contribution in [0.15, 0.2) is 36.0 Å². The summed E-state index contributed by atoms with van der Waals surface area (Å²) < 4.78 is 0. The molecule has 0 bridgehead atoms. The zero-order chi connectivity index (χ0) is 12.7. The normalized spacial score (nSPS) is 21.8. The lowest BCUT2D eigenvalue weighted by molar-refractivity contribution is -0.137. The van der Waals surface area contributed by atoms with Crippen LogP contribution in [0, 0.1) is 5.92 Å². The summed E-state index contributed by atoms with van der Waals surface area (Å²) in [5, 5.41) is 8.46. The Morgan fingerprint density at radius 1 is 1.47 bits per heavy atom. The predicted molar refractivity (Wildman–Crippen MR) is 66.6 cm³/mol. The molecule has 0 fully saturated rings. The minimum Gasteiger partial charge on any atom is -0.481 e. The van der Waals surface area contributed by atoms with Gasteiger partial charge in [0, 0.05) is 17.9 Å². The molecule has 0 heterocycles. The van der Waals surface area contributed by atoms with Crippen LogP contribution in [-0.2, 0) is 9.59 Å². The molecule has 1 rings (SSSR count). The average Bonchev–Trinajstić information content (AvgIpc) is 2.63. The van der Waals surface area contributed by atoms with Gasteiger partial charge in [0.15, 0.2) is 5.78 Å². The maximum Gasteiger partial charge on any atom is 0.303 e. The molecular weight excluding hydrogens is 216 g/mol. The van der Waals surface area contributed by atoms with Crippen LogP contribution in [-0.4, -0.2) is 16.9 Å². The van der Waals surface area contributed by atoms with E-state index in [0.717, 1.165) is 18.4 Å². The van der Waals surface area contributed by atoms with Gasteiger partial charge in [0.05, 0.1) is 0 Å². The molecule has 1 aliphatic carbocycles. The molecule has 0 saturated carbocycles. The second kappa shape index (κ2) is 6.84. The molecule has 1 N–H and O–H groups in total. The van der Waals surface area contributed by atoms with E-state index in [1.54, 1.807) is 6.08 Å². The lowest BCUT2D eigenvalue weighted by Gasteiger charge is -2.05. The van der Waals surface area contributed by atoms with Gasteiger partial charge in [-0.25, -0.2) is 0 Å². The first-order valence-electron chi connectivity index (χ1n) is 5.90. The van der Waals surface area contributed by atoms with Gasteiger partial charge in [-0.15, -0.1) is 0 Å². The molecule has 0 aliphatic heterocycles. The summed E-state index contributed by atoms with van der Waals surface area (Å²) >= 11 is 0. The number of carbonyl (C=O) groups excluding carboxylic acids is 1. The summed E-state index contributed by atoms with van der Waals surface area (Å²) in [6, 6.07) is 0. The van der Waals surface area contributed by atoms with E-state index in [2.05, 4.69) is 0 Å². The smallest absolute Gasteiger partial charge is 0.303 e. The quantitative estimate of drug-likeness (QED) is 0.437. The Morgan fingerprint density at radius 2 is 2.24 bits per heavy atom. The molecule has 3 heteroatoms. The number of carbonyl (C=O) groups is 2. The van der Waals surface area contributed by atoms with Crippen LogP contribution >= 0.6 is 0 Å². The maximum atomic E-state index is 11.4. The Hall–Kier alpha value is -1.64. The van der Waals surface area contributed by atoms with Crippen molar-refractivity contribution < 1.29 is 14.7 Å². The van der Waals surface area contributed by atoms with Gasteiger partial charge in [-0.1, -0.05) is 24.3 Å². The van der Waals surface area contributed by atoms with E-state index >= 15 is 0 Å². The van der Waals surface area contributed by atoms with Gasteiger partial charge < -0.3 is 5.11 Å². The van der Waals surface area contributed by atoms with Gasteiger partial charge in [0.25, 0.3) is 0 Å². The number of hydrogen-bond acceptors (Lipinski definition) is 2. The Bertz CT molecular complexity index is 375. The third-order valence-electron chi connectivity index (χ3n) is 2.79. The fourth-order valence-electron chi connectivity index (χ4n) is 1.88. The Morgan fingerprint density at radius 3 is 2.88 bits per heavy atom. The number of ketones is 1. The van der Waals surface area contributed by atoms with Crippen LogP contribution in [0.3, 0.4) is 0 Å². The highest BCUT2D eigenvalue weighted by Crippen LogP contribution is 2.24. The van der Waals surface area contributed by atoms with Crippen LogP contribution in [0.25, 0.3) is 0 Å².